The van der Waals surface area contributed by atoms with Crippen LogP contribution in [0.2, 0.25) is 0 Å². The number of carbonyl (C=O) groups is 1. The monoisotopic (exact) mass is 237 g/mol. The van der Waals surface area contributed by atoms with E-state index in [1.54, 1.807) is 0 Å². The molecule has 5 nitrogen and oxygen atoms in total. The lowest BCUT2D eigenvalue weighted by Crippen LogP contribution is -2.30. The summed E-state index contributed by atoms with van der Waals surface area (Å²) in [5.41, 5.74) is 0.382. The topological polar surface area (TPSA) is 67.2 Å². The predicted octanol–water partition coefficient (Wildman–Crippen LogP) is 1.28. The first-order valence-corrected chi connectivity index (χ1v) is 6.14. The van der Waals surface area contributed by atoms with E-state index >= 15 is 0 Å². The first-order chi connectivity index (χ1) is 8.16. The molecule has 0 spiro atoms. The highest BCUT2D eigenvalue weighted by Crippen LogP contribution is 2.24. The van der Waals surface area contributed by atoms with Crippen molar-refractivity contribution in [2.75, 3.05) is 13.1 Å². The summed E-state index contributed by atoms with van der Waals surface area (Å²) < 4.78 is 5.41. The fraction of sp³-hybridized carbons (Fsp3) is 0.667. The summed E-state index contributed by atoms with van der Waals surface area (Å²) in [4.78, 5) is 16.0. The van der Waals surface area contributed by atoms with Crippen LogP contribution in [0.3, 0.4) is 0 Å². The van der Waals surface area contributed by atoms with Crippen molar-refractivity contribution in [1.29, 1.82) is 0 Å². The van der Waals surface area contributed by atoms with Crippen molar-refractivity contribution in [3.63, 3.8) is 0 Å². The van der Waals surface area contributed by atoms with Gasteiger partial charge in [0.25, 0.3) is 5.91 Å². The van der Waals surface area contributed by atoms with Crippen LogP contribution in [0, 0.1) is 0 Å². The number of hydrogen-bond acceptors (Lipinski definition) is 4. The second-order valence-electron chi connectivity index (χ2n) is 4.72. The van der Waals surface area contributed by atoms with Gasteiger partial charge in [-0.3, -0.25) is 4.79 Å². The maximum absolute atomic E-state index is 11.7. The molecule has 0 aliphatic carbocycles. The second kappa shape index (κ2) is 5.31. The molecule has 0 atom stereocenters. The van der Waals surface area contributed by atoms with Crippen LogP contribution in [0.4, 0.5) is 0 Å². The summed E-state index contributed by atoms with van der Waals surface area (Å²) in [7, 11) is 0. The molecule has 1 amide bonds. The lowest BCUT2D eigenvalue weighted by molar-refractivity contribution is 0.0938. The molecule has 17 heavy (non-hydrogen) atoms. The highest BCUT2D eigenvalue weighted by molar-refractivity contribution is 5.92. The molecule has 2 heterocycles. The molecule has 1 fully saturated rings. The van der Waals surface area contributed by atoms with Gasteiger partial charge < -0.3 is 15.1 Å². The first-order valence-electron chi connectivity index (χ1n) is 6.14. The lowest BCUT2D eigenvalue weighted by Gasteiger charge is -2.19. The van der Waals surface area contributed by atoms with Gasteiger partial charge in [0.2, 0.25) is 0 Å². The smallest absolute Gasteiger partial charge is 0.273 e. The molecule has 1 aromatic heterocycles. The van der Waals surface area contributed by atoms with Crippen molar-refractivity contribution in [2.24, 2.45) is 0 Å². The van der Waals surface area contributed by atoms with Gasteiger partial charge in [0, 0.05) is 12.0 Å². The molecule has 1 aliphatic heterocycles. The zero-order valence-corrected chi connectivity index (χ0v) is 10.3. The molecule has 5 heteroatoms. The van der Waals surface area contributed by atoms with Crippen LogP contribution in [-0.2, 0) is 0 Å². The SMILES string of the molecule is CC(C)NC(=O)c1coc(C2CCNCC2)n1. The van der Waals surface area contributed by atoms with Crippen molar-refractivity contribution in [3.8, 4) is 0 Å². The molecule has 0 radical (unpaired) electrons. The van der Waals surface area contributed by atoms with Crippen LogP contribution in [-0.4, -0.2) is 30.0 Å². The fourth-order valence-corrected chi connectivity index (χ4v) is 1.98. The molecule has 1 aromatic rings. The quantitative estimate of drug-likeness (QED) is 0.831. The number of piperidine rings is 1. The minimum Gasteiger partial charge on any atom is -0.448 e. The van der Waals surface area contributed by atoms with Gasteiger partial charge in [-0.15, -0.1) is 0 Å². The van der Waals surface area contributed by atoms with Gasteiger partial charge in [0.1, 0.15) is 6.26 Å². The number of amides is 1. The van der Waals surface area contributed by atoms with Crippen LogP contribution in [0.25, 0.3) is 0 Å². The minimum atomic E-state index is -0.163. The zero-order valence-electron chi connectivity index (χ0n) is 10.3. The van der Waals surface area contributed by atoms with Gasteiger partial charge in [-0.05, 0) is 39.8 Å². The van der Waals surface area contributed by atoms with Gasteiger partial charge in [-0.25, -0.2) is 4.98 Å². The van der Waals surface area contributed by atoms with Crippen molar-refractivity contribution >= 4 is 5.91 Å². The van der Waals surface area contributed by atoms with Crippen molar-refractivity contribution < 1.29 is 9.21 Å². The summed E-state index contributed by atoms with van der Waals surface area (Å²) in [6.45, 7) is 5.82. The molecule has 0 unspecified atom stereocenters. The Kier molecular flexibility index (Phi) is 3.78. The van der Waals surface area contributed by atoms with Crippen LogP contribution >= 0.6 is 0 Å². The molecule has 2 rings (SSSR count). The third kappa shape index (κ3) is 3.06. The average Bonchev–Trinajstić information content (AvgIpc) is 2.78. The summed E-state index contributed by atoms with van der Waals surface area (Å²) in [6, 6.07) is 0.113. The average molecular weight is 237 g/mol. The van der Waals surface area contributed by atoms with E-state index < -0.39 is 0 Å². The number of aromatic nitrogens is 1. The standard InChI is InChI=1S/C12H19N3O2/c1-8(2)14-11(16)10-7-17-12(15-10)9-3-5-13-6-4-9/h7-9,13H,3-6H2,1-2H3,(H,14,16). The van der Waals surface area contributed by atoms with E-state index in [-0.39, 0.29) is 11.9 Å². The molecular formula is C12H19N3O2. The summed E-state index contributed by atoms with van der Waals surface area (Å²) in [5, 5.41) is 6.09. The Hall–Kier alpha value is -1.36. The van der Waals surface area contributed by atoms with Gasteiger partial charge in [0.05, 0.1) is 0 Å². The minimum absolute atomic E-state index is 0.113. The molecule has 0 bridgehead atoms. The second-order valence-corrected chi connectivity index (χ2v) is 4.72. The van der Waals surface area contributed by atoms with Gasteiger partial charge >= 0.3 is 0 Å². The van der Waals surface area contributed by atoms with E-state index in [1.807, 2.05) is 13.8 Å². The maximum Gasteiger partial charge on any atom is 0.273 e. The van der Waals surface area contributed by atoms with Crippen molar-refractivity contribution in [1.82, 2.24) is 15.6 Å². The highest BCUT2D eigenvalue weighted by Gasteiger charge is 2.21. The number of nitrogens with one attached hydrogen (secondary N) is 2. The Bertz CT molecular complexity index is 381. The molecule has 1 aliphatic rings. The van der Waals surface area contributed by atoms with Gasteiger partial charge in [-0.2, -0.15) is 0 Å². The molecule has 2 N–H and O–H groups in total. The van der Waals surface area contributed by atoms with E-state index in [1.165, 1.54) is 6.26 Å². The Morgan fingerprint density at radius 1 is 1.53 bits per heavy atom. The van der Waals surface area contributed by atoms with Gasteiger partial charge in [-0.1, -0.05) is 0 Å². The summed E-state index contributed by atoms with van der Waals surface area (Å²) >= 11 is 0. The third-order valence-electron chi connectivity index (χ3n) is 2.86. The van der Waals surface area contributed by atoms with E-state index in [2.05, 4.69) is 15.6 Å². The molecule has 94 valence electrons. The Morgan fingerprint density at radius 2 is 2.24 bits per heavy atom. The van der Waals surface area contributed by atoms with E-state index in [9.17, 15) is 4.79 Å². The number of carbonyl (C=O) groups excluding carboxylic acids is 1. The predicted molar refractivity (Wildman–Crippen MR) is 63.9 cm³/mol. The largest absolute Gasteiger partial charge is 0.448 e. The molecule has 0 saturated carbocycles. The van der Waals surface area contributed by atoms with E-state index in [0.717, 1.165) is 25.9 Å². The summed E-state index contributed by atoms with van der Waals surface area (Å²) in [5.74, 6) is 0.876. The van der Waals surface area contributed by atoms with Crippen molar-refractivity contribution in [3.05, 3.63) is 17.8 Å². The normalized spacial score (nSPS) is 17.4. The molecule has 1 saturated heterocycles. The number of nitrogens with zero attached hydrogens (tertiary/aromatic N) is 1. The lowest BCUT2D eigenvalue weighted by atomic mass is 9.98. The summed E-state index contributed by atoms with van der Waals surface area (Å²) in [6.07, 6.45) is 3.49. The Labute approximate surface area is 101 Å². The fourth-order valence-electron chi connectivity index (χ4n) is 1.98. The molecular weight excluding hydrogens is 218 g/mol. The third-order valence-corrected chi connectivity index (χ3v) is 2.86. The van der Waals surface area contributed by atoms with Crippen LogP contribution in [0.1, 0.15) is 49.0 Å². The van der Waals surface area contributed by atoms with Gasteiger partial charge in [0.15, 0.2) is 11.6 Å². The van der Waals surface area contributed by atoms with Crippen LogP contribution in [0.15, 0.2) is 10.7 Å². The maximum atomic E-state index is 11.7. The molecule has 0 aromatic carbocycles. The number of oxazole rings is 1. The highest BCUT2D eigenvalue weighted by atomic mass is 16.3. The Balaban J connectivity index is 2.02. The van der Waals surface area contributed by atoms with Crippen LogP contribution < -0.4 is 10.6 Å². The van der Waals surface area contributed by atoms with Crippen molar-refractivity contribution in [2.45, 2.75) is 38.6 Å². The zero-order chi connectivity index (χ0) is 12.3. The number of rotatable bonds is 3. The van der Waals surface area contributed by atoms with E-state index in [4.69, 9.17) is 4.42 Å². The van der Waals surface area contributed by atoms with Crippen LogP contribution in [0.5, 0.6) is 0 Å². The van der Waals surface area contributed by atoms with E-state index in [0.29, 0.717) is 17.5 Å². The Morgan fingerprint density at radius 3 is 2.88 bits per heavy atom. The number of hydrogen-bond donors (Lipinski definition) is 2. The first kappa shape index (κ1) is 12.1.